The highest BCUT2D eigenvalue weighted by Gasteiger charge is 2.65. The monoisotopic (exact) mass is 898 g/mol. The van der Waals surface area contributed by atoms with E-state index >= 15 is 0 Å². The number of hydrogen-bond donors (Lipinski definition) is 0. The van der Waals surface area contributed by atoms with Crippen LogP contribution in [0.3, 0.4) is 0 Å². The minimum absolute atomic E-state index is 0.0788. The summed E-state index contributed by atoms with van der Waals surface area (Å²) in [4.78, 5) is 5.97. The SMILES string of the molecule is CC1C(C)C(C)C2SC3C(SC2C1C)C(N1c2ccccc2C(C)(C)c2ccccc21)C1SC2C(C)C(C)C(C)C(C)C2SC1C3N1c2ccccc2C(C)(C)c2ccccc21. The Morgan fingerprint density at radius 1 is 0.306 bits per heavy atom. The molecule has 62 heavy (non-hydrogen) atoms. The van der Waals surface area contributed by atoms with Crippen molar-refractivity contribution in [2.75, 3.05) is 9.80 Å². The Hall–Kier alpha value is -2.12. The third-order valence-corrected chi connectivity index (χ3v) is 27.3. The van der Waals surface area contributed by atoms with Crippen molar-refractivity contribution >= 4 is 69.8 Å². The predicted molar refractivity (Wildman–Crippen MR) is 276 cm³/mol. The molecule has 3 aliphatic carbocycles. The molecule has 16 unspecified atom stereocenters. The van der Waals surface area contributed by atoms with E-state index in [2.05, 4.69) is 237 Å². The van der Waals surface area contributed by atoms with Gasteiger partial charge in [-0.25, -0.2) is 0 Å². The van der Waals surface area contributed by atoms with Crippen LogP contribution in [0.2, 0.25) is 0 Å². The fourth-order valence-electron chi connectivity index (χ4n) is 14.3. The van der Waals surface area contributed by atoms with E-state index in [1.54, 1.807) is 0 Å². The Labute approximate surface area is 391 Å². The van der Waals surface area contributed by atoms with Gasteiger partial charge >= 0.3 is 0 Å². The molecule has 11 rings (SSSR count). The number of benzene rings is 4. The van der Waals surface area contributed by atoms with Gasteiger partial charge in [-0.15, -0.1) is 0 Å². The molecule has 0 radical (unpaired) electrons. The van der Waals surface area contributed by atoms with Crippen molar-refractivity contribution in [1.82, 2.24) is 0 Å². The van der Waals surface area contributed by atoms with E-state index in [9.17, 15) is 0 Å². The largest absolute Gasteiger partial charge is 0.336 e. The fourth-order valence-corrected chi connectivity index (χ4v) is 24.1. The second kappa shape index (κ2) is 15.2. The van der Waals surface area contributed by atoms with Crippen LogP contribution in [0.5, 0.6) is 0 Å². The van der Waals surface area contributed by atoms with Gasteiger partial charge in [-0.1, -0.05) is 156 Å². The van der Waals surface area contributed by atoms with Crippen LogP contribution in [0.4, 0.5) is 22.7 Å². The van der Waals surface area contributed by atoms with Crippen LogP contribution in [0.1, 0.15) is 105 Å². The van der Waals surface area contributed by atoms with Crippen molar-refractivity contribution in [2.45, 2.75) is 148 Å². The normalized spacial score (nSPS) is 42.1. The van der Waals surface area contributed by atoms with Crippen LogP contribution < -0.4 is 9.80 Å². The minimum Gasteiger partial charge on any atom is -0.336 e. The number of rotatable bonds is 2. The lowest BCUT2D eigenvalue weighted by Gasteiger charge is -2.66. The maximum Gasteiger partial charge on any atom is 0.0603 e. The molecule has 2 saturated heterocycles. The van der Waals surface area contributed by atoms with E-state index in [1.807, 2.05) is 0 Å². The smallest absolute Gasteiger partial charge is 0.0603 e. The maximum atomic E-state index is 2.98. The average molecular weight is 899 g/mol. The van der Waals surface area contributed by atoms with E-state index in [0.29, 0.717) is 77.8 Å². The van der Waals surface area contributed by atoms with E-state index in [-0.39, 0.29) is 10.8 Å². The van der Waals surface area contributed by atoms with Crippen LogP contribution >= 0.6 is 47.0 Å². The topological polar surface area (TPSA) is 6.48 Å². The molecule has 4 heterocycles. The Balaban J connectivity index is 1.18. The third kappa shape index (κ3) is 5.92. The Morgan fingerprint density at radius 3 is 0.742 bits per heavy atom. The van der Waals surface area contributed by atoms with Gasteiger partial charge < -0.3 is 9.80 Å². The van der Waals surface area contributed by atoms with Gasteiger partial charge in [-0.2, -0.15) is 47.0 Å². The van der Waals surface area contributed by atoms with Crippen molar-refractivity contribution in [3.63, 3.8) is 0 Å². The highest BCUT2D eigenvalue weighted by Crippen LogP contribution is 2.67. The van der Waals surface area contributed by atoms with Gasteiger partial charge in [-0.3, -0.25) is 0 Å². The van der Waals surface area contributed by atoms with Crippen molar-refractivity contribution < 1.29 is 0 Å². The lowest BCUT2D eigenvalue weighted by atomic mass is 9.68. The van der Waals surface area contributed by atoms with Crippen molar-refractivity contribution in [3.8, 4) is 0 Å². The fraction of sp³-hybridized carbons (Fsp3) is 0.571. The zero-order chi connectivity index (χ0) is 43.3. The van der Waals surface area contributed by atoms with Gasteiger partial charge in [0.1, 0.15) is 0 Å². The molecule has 328 valence electrons. The molecule has 0 amide bonds. The number of nitrogens with zero attached hydrogens (tertiary/aromatic N) is 2. The summed E-state index contributed by atoms with van der Waals surface area (Å²) in [6.07, 6.45) is 0. The van der Waals surface area contributed by atoms with Gasteiger partial charge in [0.15, 0.2) is 0 Å². The summed E-state index contributed by atoms with van der Waals surface area (Å²) in [7, 11) is 0. The second-order valence-corrected chi connectivity index (χ2v) is 27.6. The summed E-state index contributed by atoms with van der Waals surface area (Å²) in [5.74, 6) is 5.59. The molecule has 3 saturated carbocycles. The number of para-hydroxylation sites is 4. The second-order valence-electron chi connectivity index (χ2n) is 22.2. The summed E-state index contributed by atoms with van der Waals surface area (Å²) in [6.45, 7) is 30.8. The number of fused-ring (bicyclic) bond motifs is 8. The quantitative estimate of drug-likeness (QED) is 0.196. The van der Waals surface area contributed by atoms with E-state index in [4.69, 9.17) is 0 Å². The molecule has 16 atom stereocenters. The van der Waals surface area contributed by atoms with Crippen LogP contribution in [0, 0.1) is 47.3 Å². The highest BCUT2D eigenvalue weighted by atomic mass is 32.2. The number of thioether (sulfide) groups is 4. The molecule has 0 N–H and O–H groups in total. The molecule has 5 fully saturated rings. The molecular weight excluding hydrogens is 829 g/mol. The van der Waals surface area contributed by atoms with E-state index in [0.717, 1.165) is 23.7 Å². The highest BCUT2D eigenvalue weighted by molar-refractivity contribution is 8.09. The number of hydrogen-bond acceptors (Lipinski definition) is 6. The maximum absolute atomic E-state index is 2.98. The van der Waals surface area contributed by atoms with Gasteiger partial charge in [0.25, 0.3) is 0 Å². The number of anilines is 4. The van der Waals surface area contributed by atoms with Crippen LogP contribution in [-0.4, -0.2) is 54.1 Å². The summed E-state index contributed by atoms with van der Waals surface area (Å²) in [5, 5.41) is 4.31. The lowest BCUT2D eigenvalue weighted by Crippen LogP contribution is -2.72. The molecule has 2 nitrogen and oxygen atoms in total. The Bertz CT molecular complexity index is 2040. The molecule has 6 heteroatoms. The Morgan fingerprint density at radius 2 is 0.516 bits per heavy atom. The summed E-state index contributed by atoms with van der Waals surface area (Å²) in [6, 6.07) is 39.1. The first-order chi connectivity index (χ1) is 29.6. The van der Waals surface area contributed by atoms with Crippen LogP contribution in [0.15, 0.2) is 97.1 Å². The van der Waals surface area contributed by atoms with Gasteiger partial charge in [-0.05, 0) is 93.9 Å². The third-order valence-electron chi connectivity index (χ3n) is 18.9. The van der Waals surface area contributed by atoms with E-state index < -0.39 is 0 Å². The van der Waals surface area contributed by atoms with Gasteiger partial charge in [0, 0.05) is 75.6 Å². The molecular formula is C56H70N2S4. The first-order valence-electron chi connectivity index (χ1n) is 24.2. The Kier molecular flexibility index (Phi) is 10.4. The summed E-state index contributed by atoms with van der Waals surface area (Å²) in [5.41, 5.74) is 11.6. The van der Waals surface area contributed by atoms with Crippen molar-refractivity contribution in [1.29, 1.82) is 0 Å². The van der Waals surface area contributed by atoms with Crippen LogP contribution in [0.25, 0.3) is 0 Å². The molecule has 7 aliphatic rings. The standard InChI is InChI=1S/C56H70N2S4/c1-29-30(2)34(6)48-47(33(29)5)59-51-45(57-41-25-17-13-21-37(41)55(9,10)38-22-14-18-26-42(38)57)53-54(62-50-36(8)32(4)31(3)35(7)49(50)61-53)46(52(51)60-48)58-43-27-19-15-23-39(43)56(11,12)40-24-16-20-28-44(40)58/h13-36,45-54H,1-12H3. The summed E-state index contributed by atoms with van der Waals surface area (Å²) >= 11 is 9.89. The van der Waals surface area contributed by atoms with Gasteiger partial charge in [0.05, 0.1) is 12.1 Å². The molecule has 0 aromatic heterocycles. The first kappa shape index (κ1) is 42.5. The zero-order valence-electron chi connectivity index (χ0n) is 39.2. The molecule has 4 aromatic carbocycles. The average Bonchev–Trinajstić information content (AvgIpc) is 3.28. The molecule has 0 spiro atoms. The van der Waals surface area contributed by atoms with Crippen molar-refractivity contribution in [2.24, 2.45) is 47.3 Å². The van der Waals surface area contributed by atoms with Crippen molar-refractivity contribution in [3.05, 3.63) is 119 Å². The lowest BCUT2D eigenvalue weighted by molar-refractivity contribution is 0.146. The minimum atomic E-state index is -0.0788. The van der Waals surface area contributed by atoms with E-state index in [1.165, 1.54) is 45.0 Å². The molecule has 4 aliphatic heterocycles. The summed E-state index contributed by atoms with van der Waals surface area (Å²) < 4.78 is 0. The zero-order valence-corrected chi connectivity index (χ0v) is 42.4. The van der Waals surface area contributed by atoms with Gasteiger partial charge in [0.2, 0.25) is 0 Å². The molecule has 0 bridgehead atoms. The molecule has 4 aromatic rings. The first-order valence-corrected chi connectivity index (χ1v) is 28.0. The van der Waals surface area contributed by atoms with Crippen LogP contribution in [-0.2, 0) is 10.8 Å². The predicted octanol–water partition coefficient (Wildman–Crippen LogP) is 14.7.